The summed E-state index contributed by atoms with van der Waals surface area (Å²) in [4.78, 5) is 21.7. The highest BCUT2D eigenvalue weighted by atomic mass is 79.9. The standard InChI is InChI=1S/C20H21BrClN3O3/c1-27-17-4-2-3-15(19(17)22)20(26)25-8-7-24-11-18(28-12-14(24)10-25)16-6-5-13(21)9-23-16/h2-6,9,14,18H,7-8,10-12H2,1H3/t14-,18+/m1/s1. The van der Waals surface area contributed by atoms with Crippen LogP contribution < -0.4 is 4.74 Å². The predicted molar refractivity (Wildman–Crippen MR) is 110 cm³/mol. The van der Waals surface area contributed by atoms with E-state index in [0.29, 0.717) is 36.0 Å². The molecule has 0 saturated carbocycles. The second kappa shape index (κ2) is 8.37. The fourth-order valence-corrected chi connectivity index (χ4v) is 4.25. The van der Waals surface area contributed by atoms with Gasteiger partial charge in [0.2, 0.25) is 0 Å². The van der Waals surface area contributed by atoms with Gasteiger partial charge in [0.25, 0.3) is 5.91 Å². The number of methoxy groups -OCH3 is 1. The molecule has 28 heavy (non-hydrogen) atoms. The normalized spacial score (nSPS) is 22.6. The molecule has 6 nitrogen and oxygen atoms in total. The number of ether oxygens (including phenoxy) is 2. The van der Waals surface area contributed by atoms with Gasteiger partial charge in [0.15, 0.2) is 0 Å². The highest BCUT2D eigenvalue weighted by molar-refractivity contribution is 9.10. The van der Waals surface area contributed by atoms with E-state index < -0.39 is 0 Å². The van der Waals surface area contributed by atoms with E-state index in [1.54, 1.807) is 31.5 Å². The quantitative estimate of drug-likeness (QED) is 0.694. The third kappa shape index (κ3) is 3.89. The van der Waals surface area contributed by atoms with Crippen LogP contribution in [0.2, 0.25) is 5.02 Å². The van der Waals surface area contributed by atoms with Crippen molar-refractivity contribution in [2.24, 2.45) is 0 Å². The van der Waals surface area contributed by atoms with Crippen molar-refractivity contribution >= 4 is 33.4 Å². The number of halogens is 2. The van der Waals surface area contributed by atoms with E-state index in [2.05, 4.69) is 25.8 Å². The lowest BCUT2D eigenvalue weighted by Gasteiger charge is -2.46. The molecule has 148 valence electrons. The summed E-state index contributed by atoms with van der Waals surface area (Å²) in [7, 11) is 1.55. The number of aromatic nitrogens is 1. The molecule has 2 aliphatic rings. The van der Waals surface area contributed by atoms with Gasteiger partial charge in [-0.15, -0.1) is 0 Å². The summed E-state index contributed by atoms with van der Waals surface area (Å²) in [5, 5.41) is 0.360. The summed E-state index contributed by atoms with van der Waals surface area (Å²) >= 11 is 9.75. The first kappa shape index (κ1) is 19.6. The van der Waals surface area contributed by atoms with E-state index in [4.69, 9.17) is 21.1 Å². The van der Waals surface area contributed by atoms with Gasteiger partial charge < -0.3 is 14.4 Å². The Morgan fingerprint density at radius 2 is 2.14 bits per heavy atom. The highest BCUT2D eigenvalue weighted by Crippen LogP contribution is 2.30. The Labute approximate surface area is 177 Å². The Kier molecular flexibility index (Phi) is 5.87. The Hall–Kier alpha value is -1.67. The minimum absolute atomic E-state index is 0.0422. The monoisotopic (exact) mass is 465 g/mol. The van der Waals surface area contributed by atoms with E-state index in [0.717, 1.165) is 23.3 Å². The van der Waals surface area contributed by atoms with Gasteiger partial charge in [0, 0.05) is 36.8 Å². The molecule has 4 rings (SSSR count). The molecule has 2 saturated heterocycles. The third-order valence-electron chi connectivity index (χ3n) is 5.28. The number of morpholine rings is 1. The fraction of sp³-hybridized carbons (Fsp3) is 0.400. The van der Waals surface area contributed by atoms with E-state index in [1.165, 1.54) is 0 Å². The molecule has 2 atom stereocenters. The molecular weight excluding hydrogens is 446 g/mol. The molecule has 0 radical (unpaired) electrons. The molecule has 0 aliphatic carbocycles. The van der Waals surface area contributed by atoms with Crippen LogP contribution in [0, 0.1) is 0 Å². The summed E-state index contributed by atoms with van der Waals surface area (Å²) in [5.74, 6) is 0.442. The van der Waals surface area contributed by atoms with Gasteiger partial charge in [-0.2, -0.15) is 0 Å². The number of amides is 1. The zero-order valence-corrected chi connectivity index (χ0v) is 17.8. The Bertz CT molecular complexity index is 864. The van der Waals surface area contributed by atoms with Gasteiger partial charge in [0.1, 0.15) is 11.9 Å². The van der Waals surface area contributed by atoms with Crippen LogP contribution in [0.5, 0.6) is 5.75 Å². The molecule has 8 heteroatoms. The molecule has 2 aromatic rings. The van der Waals surface area contributed by atoms with Crippen molar-refractivity contribution in [2.45, 2.75) is 12.1 Å². The first-order chi connectivity index (χ1) is 13.6. The molecule has 0 N–H and O–H groups in total. The molecule has 0 bridgehead atoms. The zero-order valence-electron chi connectivity index (χ0n) is 15.5. The number of hydrogen-bond donors (Lipinski definition) is 0. The maximum Gasteiger partial charge on any atom is 0.255 e. The molecule has 1 aromatic heterocycles. The highest BCUT2D eigenvalue weighted by Gasteiger charge is 2.36. The molecular formula is C20H21BrClN3O3. The topological polar surface area (TPSA) is 54.9 Å². The molecule has 2 fully saturated rings. The van der Waals surface area contributed by atoms with Crippen molar-refractivity contribution in [3.63, 3.8) is 0 Å². The number of carbonyl (C=O) groups excluding carboxylic acids is 1. The summed E-state index contributed by atoms with van der Waals surface area (Å²) < 4.78 is 12.2. The largest absolute Gasteiger partial charge is 0.495 e. The minimum atomic E-state index is -0.0692. The first-order valence-electron chi connectivity index (χ1n) is 9.15. The number of pyridine rings is 1. The predicted octanol–water partition coefficient (Wildman–Crippen LogP) is 3.40. The minimum Gasteiger partial charge on any atom is -0.495 e. The summed E-state index contributed by atoms with van der Waals surface area (Å²) in [5.41, 5.74) is 1.41. The average Bonchev–Trinajstić information content (AvgIpc) is 2.73. The van der Waals surface area contributed by atoms with Crippen LogP contribution in [0.1, 0.15) is 22.2 Å². The average molecular weight is 467 g/mol. The van der Waals surface area contributed by atoms with Gasteiger partial charge in [-0.3, -0.25) is 14.7 Å². The molecule has 1 aromatic carbocycles. The lowest BCUT2D eigenvalue weighted by molar-refractivity contribution is -0.0872. The van der Waals surface area contributed by atoms with Crippen LogP contribution in [0.25, 0.3) is 0 Å². The molecule has 2 aliphatic heterocycles. The molecule has 1 amide bonds. The summed E-state index contributed by atoms with van der Waals surface area (Å²) in [6, 6.07) is 9.42. The molecule has 0 spiro atoms. The number of fused-ring (bicyclic) bond motifs is 1. The van der Waals surface area contributed by atoms with Crippen molar-refractivity contribution in [1.82, 2.24) is 14.8 Å². The summed E-state index contributed by atoms with van der Waals surface area (Å²) in [6.45, 7) is 3.42. The van der Waals surface area contributed by atoms with Crippen LogP contribution in [0.3, 0.4) is 0 Å². The number of rotatable bonds is 3. The van der Waals surface area contributed by atoms with Crippen LogP contribution in [0.4, 0.5) is 0 Å². The summed E-state index contributed by atoms with van der Waals surface area (Å²) in [6.07, 6.45) is 1.75. The fourth-order valence-electron chi connectivity index (χ4n) is 3.73. The lowest BCUT2D eigenvalue weighted by atomic mass is 10.1. The van der Waals surface area contributed by atoms with Crippen LogP contribution >= 0.6 is 27.5 Å². The second-order valence-corrected chi connectivity index (χ2v) is 8.24. The van der Waals surface area contributed by atoms with Gasteiger partial charge in [-0.05, 0) is 40.2 Å². The van der Waals surface area contributed by atoms with Crippen molar-refractivity contribution < 1.29 is 14.3 Å². The number of piperazine rings is 1. The lowest BCUT2D eigenvalue weighted by Crippen LogP contribution is -2.59. The maximum absolute atomic E-state index is 13.0. The molecule has 3 heterocycles. The first-order valence-corrected chi connectivity index (χ1v) is 10.3. The van der Waals surface area contributed by atoms with Crippen LogP contribution in [-0.4, -0.2) is 66.6 Å². The Morgan fingerprint density at radius 3 is 2.89 bits per heavy atom. The van der Waals surface area contributed by atoms with Crippen molar-refractivity contribution in [3.8, 4) is 5.75 Å². The second-order valence-electron chi connectivity index (χ2n) is 6.95. The van der Waals surface area contributed by atoms with Crippen LogP contribution in [-0.2, 0) is 4.74 Å². The van der Waals surface area contributed by atoms with Gasteiger partial charge in [0.05, 0.1) is 36.0 Å². The Morgan fingerprint density at radius 1 is 1.29 bits per heavy atom. The smallest absolute Gasteiger partial charge is 0.255 e. The zero-order chi connectivity index (χ0) is 19.7. The van der Waals surface area contributed by atoms with E-state index in [1.807, 2.05) is 17.0 Å². The van der Waals surface area contributed by atoms with Crippen molar-refractivity contribution in [2.75, 3.05) is 39.9 Å². The number of hydrogen-bond acceptors (Lipinski definition) is 5. The van der Waals surface area contributed by atoms with E-state index >= 15 is 0 Å². The van der Waals surface area contributed by atoms with Gasteiger partial charge in [-0.1, -0.05) is 17.7 Å². The van der Waals surface area contributed by atoms with E-state index in [9.17, 15) is 4.79 Å². The number of benzene rings is 1. The SMILES string of the molecule is COc1cccc(C(=O)N2CCN3C[C@@H](c4ccc(Br)cn4)OC[C@H]3C2)c1Cl. The van der Waals surface area contributed by atoms with E-state index in [-0.39, 0.29) is 18.1 Å². The van der Waals surface area contributed by atoms with Gasteiger partial charge in [-0.25, -0.2) is 0 Å². The number of carbonyl (C=O) groups is 1. The molecule has 0 unspecified atom stereocenters. The van der Waals surface area contributed by atoms with Crippen LogP contribution in [0.15, 0.2) is 41.0 Å². The third-order valence-corrected chi connectivity index (χ3v) is 6.13. The Balaban J connectivity index is 1.42. The van der Waals surface area contributed by atoms with Crippen molar-refractivity contribution in [3.05, 3.63) is 57.3 Å². The van der Waals surface area contributed by atoms with Gasteiger partial charge >= 0.3 is 0 Å². The maximum atomic E-state index is 13.0. The number of nitrogens with zero attached hydrogens (tertiary/aromatic N) is 3. The van der Waals surface area contributed by atoms with Crippen molar-refractivity contribution in [1.29, 1.82) is 0 Å².